The van der Waals surface area contributed by atoms with E-state index in [2.05, 4.69) is 68.2 Å². The Bertz CT molecular complexity index is 1170. The fourth-order valence-corrected chi connectivity index (χ4v) is 3.84. The van der Waals surface area contributed by atoms with Crippen LogP contribution in [0, 0.1) is 0 Å². The number of anilines is 1. The quantitative estimate of drug-likeness (QED) is 0.570. The van der Waals surface area contributed by atoms with Crippen molar-refractivity contribution in [1.29, 1.82) is 0 Å². The molecule has 0 radical (unpaired) electrons. The summed E-state index contributed by atoms with van der Waals surface area (Å²) in [7, 11) is 3.75. The second-order valence-electron chi connectivity index (χ2n) is 8.11. The number of likely N-dealkylation sites (N-methyl/N-ethyl adjacent to an activating group) is 1. The van der Waals surface area contributed by atoms with Crippen molar-refractivity contribution >= 4 is 29.1 Å². The van der Waals surface area contributed by atoms with E-state index < -0.39 is 0 Å². The fourth-order valence-electron chi connectivity index (χ4n) is 3.84. The second kappa shape index (κ2) is 9.79. The molecule has 33 heavy (non-hydrogen) atoms. The number of hydrogen-bond donors (Lipinski definition) is 2. The van der Waals surface area contributed by atoms with Crippen molar-refractivity contribution in [3.63, 3.8) is 0 Å². The molecule has 170 valence electrons. The molecule has 2 aromatic heterocycles. The van der Waals surface area contributed by atoms with Crippen LogP contribution in [0.25, 0.3) is 17.3 Å². The van der Waals surface area contributed by atoms with Gasteiger partial charge in [0.2, 0.25) is 0 Å². The SMILES string of the molecule is C=Cc1[nH]nc(-c2ccc(N3CCN(C)CC3)cc2)c1N=C(C)c1cncc(C(=O)NC)c1. The van der Waals surface area contributed by atoms with Crippen LogP contribution >= 0.6 is 0 Å². The fraction of sp³-hybridized carbons (Fsp3) is 0.280. The van der Waals surface area contributed by atoms with Crippen molar-refractivity contribution in [2.75, 3.05) is 45.2 Å². The summed E-state index contributed by atoms with van der Waals surface area (Å²) < 4.78 is 0. The molecule has 1 aliphatic rings. The van der Waals surface area contributed by atoms with Crippen LogP contribution < -0.4 is 10.2 Å². The lowest BCUT2D eigenvalue weighted by molar-refractivity contribution is 0.0962. The summed E-state index contributed by atoms with van der Waals surface area (Å²) in [6, 6.07) is 10.2. The molecule has 2 N–H and O–H groups in total. The van der Waals surface area contributed by atoms with Crippen LogP contribution in [0.1, 0.15) is 28.5 Å². The number of pyridine rings is 1. The van der Waals surface area contributed by atoms with E-state index in [-0.39, 0.29) is 5.91 Å². The van der Waals surface area contributed by atoms with Gasteiger partial charge in [0.25, 0.3) is 5.91 Å². The highest BCUT2D eigenvalue weighted by atomic mass is 16.1. The van der Waals surface area contributed by atoms with E-state index in [9.17, 15) is 4.79 Å². The Morgan fingerprint density at radius 1 is 1.15 bits per heavy atom. The largest absolute Gasteiger partial charge is 0.369 e. The van der Waals surface area contributed by atoms with Crippen molar-refractivity contribution in [3.8, 4) is 11.3 Å². The van der Waals surface area contributed by atoms with E-state index in [1.165, 1.54) is 11.9 Å². The molecule has 0 unspecified atom stereocenters. The molecule has 0 spiro atoms. The standard InChI is InChI=1S/C25H29N7O/c1-5-22-24(28-17(2)19-14-20(16-27-15-19)25(33)26-3)23(30-29-22)18-6-8-21(9-7-18)32-12-10-31(4)11-13-32/h5-9,14-16H,1,10-13H2,2-4H3,(H,26,33)(H,29,30). The molecule has 0 saturated carbocycles. The normalized spacial score (nSPS) is 14.9. The number of nitrogens with one attached hydrogen (secondary N) is 2. The molecule has 8 nitrogen and oxygen atoms in total. The highest BCUT2D eigenvalue weighted by molar-refractivity contribution is 6.03. The first kappa shape index (κ1) is 22.4. The van der Waals surface area contributed by atoms with Gasteiger partial charge in [-0.2, -0.15) is 5.10 Å². The molecule has 1 saturated heterocycles. The number of H-pyrrole nitrogens is 1. The molecule has 4 rings (SSSR count). The maximum absolute atomic E-state index is 12.0. The number of carbonyl (C=O) groups excluding carboxylic acids is 1. The van der Waals surface area contributed by atoms with Gasteiger partial charge in [0.05, 0.1) is 11.3 Å². The molecule has 0 atom stereocenters. The Kier molecular flexibility index (Phi) is 6.65. The Morgan fingerprint density at radius 3 is 2.52 bits per heavy atom. The third kappa shape index (κ3) is 4.85. The minimum atomic E-state index is -0.187. The maximum Gasteiger partial charge on any atom is 0.252 e. The topological polar surface area (TPSA) is 89.5 Å². The summed E-state index contributed by atoms with van der Waals surface area (Å²) in [5.74, 6) is -0.187. The number of benzene rings is 1. The van der Waals surface area contributed by atoms with Crippen molar-refractivity contribution in [2.45, 2.75) is 6.92 Å². The molecule has 1 amide bonds. The van der Waals surface area contributed by atoms with E-state index in [0.717, 1.165) is 54.4 Å². The van der Waals surface area contributed by atoms with Gasteiger partial charge in [-0.15, -0.1) is 0 Å². The summed E-state index contributed by atoms with van der Waals surface area (Å²) in [5.41, 5.74) is 6.37. The molecule has 3 heterocycles. The van der Waals surface area contributed by atoms with E-state index >= 15 is 0 Å². The Hall–Kier alpha value is -3.78. The summed E-state index contributed by atoms with van der Waals surface area (Å²) >= 11 is 0. The predicted octanol–water partition coefficient (Wildman–Crippen LogP) is 3.37. The number of aromatic amines is 1. The van der Waals surface area contributed by atoms with Crippen LogP contribution in [0.4, 0.5) is 11.4 Å². The van der Waals surface area contributed by atoms with Crippen molar-refractivity contribution in [1.82, 2.24) is 25.4 Å². The van der Waals surface area contributed by atoms with Gasteiger partial charge in [-0.1, -0.05) is 18.7 Å². The molecule has 0 bridgehead atoms. The number of piperazine rings is 1. The maximum atomic E-state index is 12.0. The zero-order chi connectivity index (χ0) is 23.4. The zero-order valence-corrected chi connectivity index (χ0v) is 19.3. The lowest BCUT2D eigenvalue weighted by Gasteiger charge is -2.34. The van der Waals surface area contributed by atoms with Crippen LogP contribution in [-0.2, 0) is 0 Å². The van der Waals surface area contributed by atoms with E-state index in [1.807, 2.05) is 6.92 Å². The molecule has 8 heteroatoms. The van der Waals surface area contributed by atoms with Crippen molar-refractivity contribution < 1.29 is 4.79 Å². The molecule has 0 aliphatic carbocycles. The molecule has 1 fully saturated rings. The summed E-state index contributed by atoms with van der Waals surface area (Å²) in [4.78, 5) is 25.8. The van der Waals surface area contributed by atoms with Gasteiger partial charge in [0.15, 0.2) is 0 Å². The monoisotopic (exact) mass is 443 g/mol. The average molecular weight is 444 g/mol. The third-order valence-electron chi connectivity index (χ3n) is 5.91. The first-order valence-corrected chi connectivity index (χ1v) is 11.0. The number of nitrogens with zero attached hydrogens (tertiary/aromatic N) is 5. The Morgan fingerprint density at radius 2 is 1.85 bits per heavy atom. The van der Waals surface area contributed by atoms with Gasteiger partial charge in [-0.25, -0.2) is 4.99 Å². The summed E-state index contributed by atoms with van der Waals surface area (Å²) in [6.07, 6.45) is 4.94. The first-order valence-electron chi connectivity index (χ1n) is 11.0. The lowest BCUT2D eigenvalue weighted by atomic mass is 10.1. The average Bonchev–Trinajstić information content (AvgIpc) is 3.26. The van der Waals surface area contributed by atoms with Crippen LogP contribution in [0.2, 0.25) is 0 Å². The van der Waals surface area contributed by atoms with Crippen LogP contribution in [0.5, 0.6) is 0 Å². The minimum absolute atomic E-state index is 0.187. The van der Waals surface area contributed by atoms with E-state index in [4.69, 9.17) is 4.99 Å². The van der Waals surface area contributed by atoms with Crippen molar-refractivity contribution in [2.24, 2.45) is 4.99 Å². The zero-order valence-electron chi connectivity index (χ0n) is 19.3. The highest BCUT2D eigenvalue weighted by Gasteiger charge is 2.17. The Balaban J connectivity index is 1.64. The Labute approximate surface area is 194 Å². The number of aliphatic imine (C=N–C) groups is 1. The van der Waals surface area contributed by atoms with Crippen molar-refractivity contribution in [3.05, 3.63) is 66.1 Å². The molecule has 1 aromatic carbocycles. The number of rotatable bonds is 6. The van der Waals surface area contributed by atoms with Crippen LogP contribution in [0.3, 0.4) is 0 Å². The smallest absolute Gasteiger partial charge is 0.252 e. The van der Waals surface area contributed by atoms with Gasteiger partial charge >= 0.3 is 0 Å². The number of aromatic nitrogens is 3. The van der Waals surface area contributed by atoms with Crippen LogP contribution in [0.15, 0.2) is 54.3 Å². The summed E-state index contributed by atoms with van der Waals surface area (Å²) in [5, 5.41) is 10.2. The lowest BCUT2D eigenvalue weighted by Crippen LogP contribution is -2.44. The van der Waals surface area contributed by atoms with Gasteiger partial charge in [0, 0.05) is 68.1 Å². The summed E-state index contributed by atoms with van der Waals surface area (Å²) in [6.45, 7) is 9.97. The number of carbonyl (C=O) groups is 1. The minimum Gasteiger partial charge on any atom is -0.369 e. The molecule has 1 aliphatic heterocycles. The van der Waals surface area contributed by atoms with E-state index in [1.54, 1.807) is 25.4 Å². The highest BCUT2D eigenvalue weighted by Crippen LogP contribution is 2.33. The number of hydrogen-bond acceptors (Lipinski definition) is 6. The first-order chi connectivity index (χ1) is 16.0. The predicted molar refractivity (Wildman–Crippen MR) is 133 cm³/mol. The van der Waals surface area contributed by atoms with E-state index in [0.29, 0.717) is 11.3 Å². The van der Waals surface area contributed by atoms with Gasteiger partial charge in [-0.3, -0.25) is 14.9 Å². The molecule has 3 aromatic rings. The molecular weight excluding hydrogens is 414 g/mol. The third-order valence-corrected chi connectivity index (χ3v) is 5.91. The molecular formula is C25H29N7O. The van der Waals surface area contributed by atoms with Crippen LogP contribution in [-0.4, -0.2) is 72.0 Å². The van der Waals surface area contributed by atoms with Gasteiger partial charge in [0.1, 0.15) is 11.4 Å². The second-order valence-corrected chi connectivity index (χ2v) is 8.11. The number of amides is 1. The van der Waals surface area contributed by atoms with Gasteiger partial charge in [-0.05, 0) is 38.2 Å². The van der Waals surface area contributed by atoms with Gasteiger partial charge < -0.3 is 15.1 Å².